The van der Waals surface area contributed by atoms with Gasteiger partial charge in [-0.15, -0.1) is 0 Å². The SMILES string of the molecule is COc1ccc(CCNC(N)=NCc2cccnc2OCC(F)F)cc1OC. The zero-order valence-corrected chi connectivity index (χ0v) is 15.8. The molecule has 0 fully saturated rings. The highest BCUT2D eigenvalue weighted by atomic mass is 19.3. The van der Waals surface area contributed by atoms with Gasteiger partial charge in [-0.3, -0.25) is 0 Å². The third kappa shape index (κ3) is 6.57. The third-order valence-corrected chi connectivity index (χ3v) is 3.78. The maximum absolute atomic E-state index is 12.3. The Morgan fingerprint density at radius 3 is 2.71 bits per heavy atom. The molecule has 0 unspecified atom stereocenters. The lowest BCUT2D eigenvalue weighted by Crippen LogP contribution is -2.33. The Balaban J connectivity index is 1.87. The highest BCUT2D eigenvalue weighted by Gasteiger charge is 2.09. The number of aromatic nitrogens is 1. The van der Waals surface area contributed by atoms with Crippen LogP contribution >= 0.6 is 0 Å². The maximum Gasteiger partial charge on any atom is 0.272 e. The van der Waals surface area contributed by atoms with Gasteiger partial charge in [0.05, 0.1) is 20.8 Å². The number of hydrogen-bond donors (Lipinski definition) is 2. The standard InChI is InChI=1S/C19H24F2N4O3/c1-26-15-6-5-13(10-16(15)27-2)7-9-24-19(22)25-11-14-4-3-8-23-18(14)28-12-17(20)21/h3-6,8,10,17H,7,9,11-12H2,1-2H3,(H3,22,24,25). The van der Waals surface area contributed by atoms with Crippen LogP contribution in [0.25, 0.3) is 0 Å². The van der Waals surface area contributed by atoms with Gasteiger partial charge in [0.25, 0.3) is 6.43 Å². The highest BCUT2D eigenvalue weighted by Crippen LogP contribution is 2.27. The van der Waals surface area contributed by atoms with E-state index in [-0.39, 0.29) is 18.4 Å². The van der Waals surface area contributed by atoms with Crippen molar-refractivity contribution in [1.82, 2.24) is 10.3 Å². The smallest absolute Gasteiger partial charge is 0.272 e. The van der Waals surface area contributed by atoms with Gasteiger partial charge in [-0.05, 0) is 30.2 Å². The van der Waals surface area contributed by atoms with Gasteiger partial charge in [-0.2, -0.15) is 0 Å². The molecule has 0 radical (unpaired) electrons. The molecule has 0 aliphatic heterocycles. The Hall–Kier alpha value is -3.10. The summed E-state index contributed by atoms with van der Waals surface area (Å²) in [5.41, 5.74) is 7.50. The molecule has 2 rings (SSSR count). The first-order chi connectivity index (χ1) is 13.5. The number of halogens is 2. The molecular formula is C19H24F2N4O3. The molecule has 28 heavy (non-hydrogen) atoms. The number of guanidine groups is 1. The number of hydrogen-bond acceptors (Lipinski definition) is 5. The van der Waals surface area contributed by atoms with Crippen molar-refractivity contribution in [3.05, 3.63) is 47.7 Å². The Morgan fingerprint density at radius 1 is 1.21 bits per heavy atom. The maximum atomic E-state index is 12.3. The monoisotopic (exact) mass is 394 g/mol. The topological polar surface area (TPSA) is 91.0 Å². The molecule has 0 aliphatic carbocycles. The number of benzene rings is 1. The number of nitrogens with one attached hydrogen (secondary N) is 1. The van der Waals surface area contributed by atoms with E-state index in [0.29, 0.717) is 30.0 Å². The van der Waals surface area contributed by atoms with E-state index in [2.05, 4.69) is 15.3 Å². The molecule has 0 spiro atoms. The van der Waals surface area contributed by atoms with Crippen LogP contribution in [0.5, 0.6) is 17.4 Å². The lowest BCUT2D eigenvalue weighted by atomic mass is 10.1. The summed E-state index contributed by atoms with van der Waals surface area (Å²) < 4.78 is 40.1. The third-order valence-electron chi connectivity index (χ3n) is 3.78. The quantitative estimate of drug-likeness (QED) is 0.475. The van der Waals surface area contributed by atoms with Crippen LogP contribution in [-0.2, 0) is 13.0 Å². The van der Waals surface area contributed by atoms with E-state index < -0.39 is 13.0 Å². The predicted octanol–water partition coefficient (Wildman–Crippen LogP) is 2.39. The number of methoxy groups -OCH3 is 2. The predicted molar refractivity (Wildman–Crippen MR) is 102 cm³/mol. The molecule has 0 atom stereocenters. The van der Waals surface area contributed by atoms with E-state index >= 15 is 0 Å². The summed E-state index contributed by atoms with van der Waals surface area (Å²) in [5, 5.41) is 3.01. The molecule has 1 heterocycles. The average Bonchev–Trinajstić information content (AvgIpc) is 2.71. The van der Waals surface area contributed by atoms with Gasteiger partial charge in [0.2, 0.25) is 5.88 Å². The number of alkyl halides is 2. The number of nitrogens with two attached hydrogens (primary N) is 1. The second-order valence-electron chi connectivity index (χ2n) is 5.74. The molecule has 1 aromatic carbocycles. The number of pyridine rings is 1. The Kier molecular flexibility index (Phi) is 8.26. The molecule has 2 aromatic rings. The van der Waals surface area contributed by atoms with Crippen molar-refractivity contribution in [2.75, 3.05) is 27.4 Å². The van der Waals surface area contributed by atoms with Crippen molar-refractivity contribution in [3.8, 4) is 17.4 Å². The van der Waals surface area contributed by atoms with Crippen molar-refractivity contribution in [1.29, 1.82) is 0 Å². The van der Waals surface area contributed by atoms with Gasteiger partial charge in [0, 0.05) is 18.3 Å². The molecular weight excluding hydrogens is 370 g/mol. The van der Waals surface area contributed by atoms with Crippen molar-refractivity contribution in [2.45, 2.75) is 19.4 Å². The lowest BCUT2D eigenvalue weighted by Gasteiger charge is -2.11. The van der Waals surface area contributed by atoms with Crippen LogP contribution in [0.15, 0.2) is 41.5 Å². The van der Waals surface area contributed by atoms with Crippen molar-refractivity contribution >= 4 is 5.96 Å². The first-order valence-corrected chi connectivity index (χ1v) is 8.63. The molecule has 7 nitrogen and oxygen atoms in total. The summed E-state index contributed by atoms with van der Waals surface area (Å²) in [5.74, 6) is 1.70. The van der Waals surface area contributed by atoms with Crippen molar-refractivity contribution in [3.63, 3.8) is 0 Å². The van der Waals surface area contributed by atoms with Gasteiger partial charge in [-0.1, -0.05) is 12.1 Å². The summed E-state index contributed by atoms with van der Waals surface area (Å²) in [6.07, 6.45) is -0.396. The zero-order chi connectivity index (χ0) is 20.4. The fourth-order valence-electron chi connectivity index (χ4n) is 2.41. The molecule has 9 heteroatoms. The van der Waals surface area contributed by atoms with Crippen LogP contribution in [-0.4, -0.2) is 44.7 Å². The van der Waals surface area contributed by atoms with Crippen LogP contribution in [0.1, 0.15) is 11.1 Å². The average molecular weight is 394 g/mol. The minimum atomic E-state index is -2.57. The molecule has 0 aliphatic rings. The molecule has 0 saturated heterocycles. The van der Waals surface area contributed by atoms with E-state index in [0.717, 1.165) is 5.56 Å². The molecule has 0 saturated carbocycles. The lowest BCUT2D eigenvalue weighted by molar-refractivity contribution is 0.0791. The largest absolute Gasteiger partial charge is 0.493 e. The van der Waals surface area contributed by atoms with Crippen LogP contribution in [0, 0.1) is 0 Å². The second-order valence-corrected chi connectivity index (χ2v) is 5.74. The Morgan fingerprint density at radius 2 is 2.00 bits per heavy atom. The number of rotatable bonds is 10. The zero-order valence-electron chi connectivity index (χ0n) is 15.8. The normalized spacial score (nSPS) is 11.4. The van der Waals surface area contributed by atoms with E-state index in [4.69, 9.17) is 19.9 Å². The number of ether oxygens (including phenoxy) is 3. The summed E-state index contributed by atoms with van der Waals surface area (Å²) in [6, 6.07) is 9.07. The molecule has 3 N–H and O–H groups in total. The summed E-state index contributed by atoms with van der Waals surface area (Å²) in [4.78, 5) is 8.16. The van der Waals surface area contributed by atoms with Gasteiger partial charge in [0.1, 0.15) is 0 Å². The van der Waals surface area contributed by atoms with Crippen LogP contribution in [0.3, 0.4) is 0 Å². The van der Waals surface area contributed by atoms with Crippen molar-refractivity contribution in [2.24, 2.45) is 10.7 Å². The highest BCUT2D eigenvalue weighted by molar-refractivity contribution is 5.77. The van der Waals surface area contributed by atoms with Crippen LogP contribution in [0.2, 0.25) is 0 Å². The Labute approximate surface area is 162 Å². The number of nitrogens with zero attached hydrogens (tertiary/aromatic N) is 2. The van der Waals surface area contributed by atoms with Crippen LogP contribution < -0.4 is 25.3 Å². The molecule has 152 valence electrons. The molecule has 0 bridgehead atoms. The fourth-order valence-corrected chi connectivity index (χ4v) is 2.41. The summed E-state index contributed by atoms with van der Waals surface area (Å²) in [6.45, 7) is 0.0149. The van der Waals surface area contributed by atoms with E-state index in [1.165, 1.54) is 6.20 Å². The molecule has 1 aromatic heterocycles. The summed E-state index contributed by atoms with van der Waals surface area (Å²) >= 11 is 0. The van der Waals surface area contributed by atoms with E-state index in [9.17, 15) is 8.78 Å². The number of aliphatic imine (C=N–C) groups is 1. The van der Waals surface area contributed by atoms with Gasteiger partial charge in [0.15, 0.2) is 24.1 Å². The summed E-state index contributed by atoms with van der Waals surface area (Å²) in [7, 11) is 3.17. The second kappa shape index (κ2) is 10.9. The van der Waals surface area contributed by atoms with Crippen LogP contribution in [0.4, 0.5) is 8.78 Å². The van der Waals surface area contributed by atoms with Gasteiger partial charge >= 0.3 is 0 Å². The minimum Gasteiger partial charge on any atom is -0.493 e. The van der Waals surface area contributed by atoms with E-state index in [1.807, 2.05) is 18.2 Å². The Bertz CT molecular complexity index is 788. The van der Waals surface area contributed by atoms with Crippen molar-refractivity contribution < 1.29 is 23.0 Å². The molecule has 0 amide bonds. The van der Waals surface area contributed by atoms with Gasteiger partial charge in [-0.25, -0.2) is 18.8 Å². The first-order valence-electron chi connectivity index (χ1n) is 8.63. The first kappa shape index (κ1) is 21.2. The van der Waals surface area contributed by atoms with E-state index in [1.54, 1.807) is 26.4 Å². The van der Waals surface area contributed by atoms with Gasteiger partial charge < -0.3 is 25.3 Å². The fraction of sp³-hybridized carbons (Fsp3) is 0.368. The minimum absolute atomic E-state index is 0.129.